The van der Waals surface area contributed by atoms with E-state index in [0.717, 1.165) is 25.1 Å². The molecule has 2 saturated carbocycles. The zero-order valence-electron chi connectivity index (χ0n) is 11.2. The van der Waals surface area contributed by atoms with Crippen molar-refractivity contribution in [1.82, 2.24) is 10.1 Å². The third-order valence-corrected chi connectivity index (χ3v) is 5.08. The maximum absolute atomic E-state index is 6.51. The number of nitrogens with two attached hydrogens (primary N) is 1. The van der Waals surface area contributed by atoms with Crippen LogP contribution in [0.25, 0.3) is 0 Å². The van der Waals surface area contributed by atoms with Gasteiger partial charge >= 0.3 is 0 Å². The van der Waals surface area contributed by atoms with Crippen LogP contribution in [-0.4, -0.2) is 10.1 Å². The number of hydrogen-bond acceptors (Lipinski definition) is 4. The molecule has 0 unspecified atom stereocenters. The van der Waals surface area contributed by atoms with E-state index in [9.17, 15) is 0 Å². The molecule has 0 aliphatic heterocycles. The fourth-order valence-corrected chi connectivity index (χ4v) is 3.68. The van der Waals surface area contributed by atoms with E-state index in [0.29, 0.717) is 11.3 Å². The summed E-state index contributed by atoms with van der Waals surface area (Å²) < 4.78 is 5.21. The summed E-state index contributed by atoms with van der Waals surface area (Å²) in [5, 5.41) is 4.09. The van der Waals surface area contributed by atoms with E-state index in [2.05, 4.69) is 10.1 Å². The first-order chi connectivity index (χ1) is 8.66. The highest BCUT2D eigenvalue weighted by Crippen LogP contribution is 2.52. The molecule has 1 aromatic rings. The summed E-state index contributed by atoms with van der Waals surface area (Å²) in [6.45, 7) is 2.02. The van der Waals surface area contributed by atoms with Crippen LogP contribution < -0.4 is 5.73 Å². The predicted octanol–water partition coefficient (Wildman–Crippen LogP) is 2.92. The van der Waals surface area contributed by atoms with Crippen molar-refractivity contribution in [3.8, 4) is 0 Å². The molecule has 2 fully saturated rings. The molecule has 0 bridgehead atoms. The molecule has 0 atom stereocenters. The molecule has 0 radical (unpaired) electrons. The molecular formula is C14H23N3O. The third kappa shape index (κ3) is 1.96. The molecule has 18 heavy (non-hydrogen) atoms. The normalized spacial score (nSPS) is 25.7. The summed E-state index contributed by atoms with van der Waals surface area (Å²) in [5.41, 5.74) is 6.77. The van der Waals surface area contributed by atoms with Gasteiger partial charge in [-0.15, -0.1) is 0 Å². The lowest BCUT2D eigenvalue weighted by Crippen LogP contribution is -2.44. The lowest BCUT2D eigenvalue weighted by Gasteiger charge is -2.41. The van der Waals surface area contributed by atoms with Gasteiger partial charge in [-0.2, -0.15) is 4.98 Å². The molecular weight excluding hydrogens is 226 g/mol. The fraction of sp³-hybridized carbons (Fsp3) is 0.857. The van der Waals surface area contributed by atoms with Gasteiger partial charge in [0.1, 0.15) is 0 Å². The van der Waals surface area contributed by atoms with Gasteiger partial charge in [0, 0.05) is 6.42 Å². The van der Waals surface area contributed by atoms with E-state index in [-0.39, 0.29) is 5.54 Å². The Bertz CT molecular complexity index is 410. The van der Waals surface area contributed by atoms with Crippen molar-refractivity contribution in [2.75, 3.05) is 0 Å². The summed E-state index contributed by atoms with van der Waals surface area (Å²) in [5.74, 6) is 1.43. The van der Waals surface area contributed by atoms with Crippen molar-refractivity contribution in [2.24, 2.45) is 11.1 Å². The summed E-state index contributed by atoms with van der Waals surface area (Å²) >= 11 is 0. The Labute approximate surface area is 108 Å². The van der Waals surface area contributed by atoms with Crippen molar-refractivity contribution in [1.29, 1.82) is 0 Å². The average molecular weight is 249 g/mol. The maximum atomic E-state index is 6.51. The minimum absolute atomic E-state index is 0.342. The second-order valence-corrected chi connectivity index (χ2v) is 6.23. The van der Waals surface area contributed by atoms with Crippen molar-refractivity contribution < 1.29 is 4.52 Å². The summed E-state index contributed by atoms with van der Waals surface area (Å²) in [6, 6.07) is 0. The van der Waals surface area contributed by atoms with Gasteiger partial charge in [0.05, 0.1) is 5.54 Å². The van der Waals surface area contributed by atoms with Crippen LogP contribution in [0.2, 0.25) is 0 Å². The van der Waals surface area contributed by atoms with Crippen LogP contribution in [-0.2, 0) is 12.0 Å². The Kier molecular flexibility index (Phi) is 2.93. The quantitative estimate of drug-likeness (QED) is 0.875. The largest absolute Gasteiger partial charge is 0.339 e. The first kappa shape index (κ1) is 12.2. The van der Waals surface area contributed by atoms with Gasteiger partial charge < -0.3 is 10.3 Å². The van der Waals surface area contributed by atoms with Gasteiger partial charge in [0.2, 0.25) is 5.89 Å². The first-order valence-electron chi connectivity index (χ1n) is 7.28. The zero-order chi connectivity index (χ0) is 12.6. The topological polar surface area (TPSA) is 64.9 Å². The molecule has 0 amide bonds. The number of nitrogens with zero attached hydrogens (tertiary/aromatic N) is 2. The highest BCUT2D eigenvalue weighted by Gasteiger charge is 2.44. The van der Waals surface area contributed by atoms with Crippen molar-refractivity contribution in [3.05, 3.63) is 11.7 Å². The van der Waals surface area contributed by atoms with Crippen LogP contribution in [0.3, 0.4) is 0 Å². The lowest BCUT2D eigenvalue weighted by molar-refractivity contribution is 0.127. The second-order valence-electron chi connectivity index (χ2n) is 6.23. The predicted molar refractivity (Wildman–Crippen MR) is 68.9 cm³/mol. The van der Waals surface area contributed by atoms with Gasteiger partial charge in [-0.05, 0) is 43.9 Å². The highest BCUT2D eigenvalue weighted by molar-refractivity contribution is 5.08. The second kappa shape index (κ2) is 4.34. The van der Waals surface area contributed by atoms with Crippen LogP contribution in [0.1, 0.15) is 70.0 Å². The van der Waals surface area contributed by atoms with Gasteiger partial charge in [-0.25, -0.2) is 0 Å². The van der Waals surface area contributed by atoms with E-state index in [4.69, 9.17) is 10.3 Å². The van der Waals surface area contributed by atoms with Crippen LogP contribution in [0.4, 0.5) is 0 Å². The van der Waals surface area contributed by atoms with Gasteiger partial charge in [0.15, 0.2) is 5.82 Å². The van der Waals surface area contributed by atoms with Crippen LogP contribution in [0, 0.1) is 5.41 Å². The Morgan fingerprint density at radius 2 is 1.78 bits per heavy atom. The number of aromatic nitrogens is 2. The Hall–Kier alpha value is -0.900. The monoisotopic (exact) mass is 249 g/mol. The summed E-state index contributed by atoms with van der Waals surface area (Å²) in [6.07, 6.45) is 10.9. The molecule has 100 valence electrons. The Balaban J connectivity index is 1.73. The van der Waals surface area contributed by atoms with Crippen molar-refractivity contribution in [3.63, 3.8) is 0 Å². The summed E-state index contributed by atoms with van der Waals surface area (Å²) in [4.78, 5) is 4.44. The van der Waals surface area contributed by atoms with E-state index in [1.54, 1.807) is 0 Å². The van der Waals surface area contributed by atoms with Crippen LogP contribution in [0.5, 0.6) is 0 Å². The molecule has 4 heteroatoms. The third-order valence-electron chi connectivity index (χ3n) is 5.08. The smallest absolute Gasteiger partial charge is 0.226 e. The number of aryl methyl sites for hydroxylation is 1. The van der Waals surface area contributed by atoms with Crippen molar-refractivity contribution >= 4 is 0 Å². The highest BCUT2D eigenvalue weighted by atomic mass is 16.5. The molecule has 0 saturated heterocycles. The molecule has 0 aromatic carbocycles. The molecule has 4 nitrogen and oxygen atoms in total. The Morgan fingerprint density at radius 3 is 2.33 bits per heavy atom. The minimum Gasteiger partial charge on any atom is -0.339 e. The lowest BCUT2D eigenvalue weighted by atomic mass is 9.66. The van der Waals surface area contributed by atoms with E-state index >= 15 is 0 Å². The van der Waals surface area contributed by atoms with E-state index in [1.165, 1.54) is 38.5 Å². The fourth-order valence-electron chi connectivity index (χ4n) is 3.68. The standard InChI is InChI=1S/C14H23N3O/c1-2-11-16-12(17-18-11)14(15)9-7-13(8-10-14)5-3-4-6-13/h2-10,15H2,1H3. The van der Waals surface area contributed by atoms with Gasteiger partial charge in [0.25, 0.3) is 0 Å². The maximum Gasteiger partial charge on any atom is 0.226 e. The van der Waals surface area contributed by atoms with E-state index in [1.807, 2.05) is 6.92 Å². The van der Waals surface area contributed by atoms with Crippen LogP contribution in [0.15, 0.2) is 4.52 Å². The minimum atomic E-state index is -0.342. The first-order valence-corrected chi connectivity index (χ1v) is 7.28. The molecule has 2 aliphatic carbocycles. The molecule has 1 heterocycles. The Morgan fingerprint density at radius 1 is 1.11 bits per heavy atom. The molecule has 3 rings (SSSR count). The van der Waals surface area contributed by atoms with Gasteiger partial charge in [-0.3, -0.25) is 0 Å². The molecule has 1 spiro atoms. The van der Waals surface area contributed by atoms with Gasteiger partial charge in [-0.1, -0.05) is 24.9 Å². The zero-order valence-corrected chi connectivity index (χ0v) is 11.2. The average Bonchev–Trinajstić information content (AvgIpc) is 3.04. The van der Waals surface area contributed by atoms with Crippen molar-refractivity contribution in [2.45, 2.75) is 70.3 Å². The number of rotatable bonds is 2. The SMILES string of the molecule is CCc1nc(C2(N)CCC3(CCCC3)CC2)no1. The summed E-state index contributed by atoms with van der Waals surface area (Å²) in [7, 11) is 0. The molecule has 1 aromatic heterocycles. The van der Waals surface area contributed by atoms with E-state index < -0.39 is 0 Å². The number of hydrogen-bond donors (Lipinski definition) is 1. The molecule has 2 N–H and O–H groups in total. The molecule has 2 aliphatic rings. The van der Waals surface area contributed by atoms with Crippen LogP contribution >= 0.6 is 0 Å².